The quantitative estimate of drug-likeness (QED) is 0.341. The Morgan fingerprint density at radius 3 is 2.72 bits per heavy atom. The number of nitrogens with zero attached hydrogens (tertiary/aromatic N) is 3. The number of unbranched alkanes of at least 4 members (excludes halogenated alkanes) is 1. The van der Waals surface area contributed by atoms with Crippen LogP contribution in [-0.4, -0.2) is 56.8 Å². The van der Waals surface area contributed by atoms with Gasteiger partial charge in [0.2, 0.25) is 0 Å². The Hall–Kier alpha value is -3.97. The summed E-state index contributed by atoms with van der Waals surface area (Å²) in [6.45, 7) is 4.42. The van der Waals surface area contributed by atoms with E-state index in [0.29, 0.717) is 23.4 Å². The van der Waals surface area contributed by atoms with Crippen molar-refractivity contribution in [2.75, 3.05) is 19.6 Å². The van der Waals surface area contributed by atoms with Crippen LogP contribution >= 0.6 is 0 Å². The number of pyridine rings is 1. The van der Waals surface area contributed by atoms with Crippen LogP contribution in [0, 0.1) is 0 Å². The molecule has 5 rings (SSSR count). The van der Waals surface area contributed by atoms with Gasteiger partial charge in [-0.1, -0.05) is 56.2 Å². The molecule has 1 aliphatic rings. The van der Waals surface area contributed by atoms with E-state index in [1.54, 1.807) is 24.3 Å². The molecular weight excluding hydrogens is 450 g/mol. The Kier molecular flexibility index (Phi) is 7.09. The zero-order chi connectivity index (χ0) is 24.9. The van der Waals surface area contributed by atoms with E-state index in [9.17, 15) is 9.90 Å². The lowest BCUT2D eigenvalue weighted by Gasteiger charge is -2.36. The molecule has 7 nitrogen and oxygen atoms in total. The van der Waals surface area contributed by atoms with Crippen LogP contribution in [0.3, 0.4) is 0 Å². The average molecular weight is 482 g/mol. The molecule has 1 aliphatic heterocycles. The van der Waals surface area contributed by atoms with Crippen molar-refractivity contribution in [1.29, 1.82) is 0 Å². The van der Waals surface area contributed by atoms with Crippen LogP contribution in [-0.2, 0) is 0 Å². The van der Waals surface area contributed by atoms with Gasteiger partial charge in [0.15, 0.2) is 5.65 Å². The number of aromatic nitrogens is 3. The summed E-state index contributed by atoms with van der Waals surface area (Å²) in [5, 5.41) is 21.5. The molecule has 36 heavy (non-hydrogen) atoms. The topological polar surface area (TPSA) is 94.1 Å². The molecule has 1 saturated heterocycles. The third-order valence-corrected chi connectivity index (χ3v) is 6.69. The van der Waals surface area contributed by atoms with Gasteiger partial charge in [-0.25, -0.2) is 4.98 Å². The molecule has 4 aromatic rings. The van der Waals surface area contributed by atoms with Crippen molar-refractivity contribution in [1.82, 2.24) is 25.4 Å². The van der Waals surface area contributed by atoms with E-state index < -0.39 is 0 Å². The number of piperazine rings is 1. The number of carbonyl (C=O) groups is 1. The van der Waals surface area contributed by atoms with Crippen molar-refractivity contribution in [3.63, 3.8) is 0 Å². The van der Waals surface area contributed by atoms with Gasteiger partial charge in [0.05, 0.1) is 22.3 Å². The first-order valence-corrected chi connectivity index (χ1v) is 12.6. The highest BCUT2D eigenvalue weighted by atomic mass is 16.3. The van der Waals surface area contributed by atoms with Crippen LogP contribution < -0.4 is 5.32 Å². The minimum atomic E-state index is 0.000734. The third-order valence-electron chi connectivity index (χ3n) is 6.69. The summed E-state index contributed by atoms with van der Waals surface area (Å²) in [5.41, 5.74) is 4.36. The molecule has 0 aliphatic carbocycles. The summed E-state index contributed by atoms with van der Waals surface area (Å²) in [5.74, 6) is 0.185. The molecule has 0 unspecified atom stereocenters. The zero-order valence-electron chi connectivity index (χ0n) is 20.4. The van der Waals surface area contributed by atoms with Crippen molar-refractivity contribution in [3.8, 4) is 17.0 Å². The number of aromatic amines is 1. The van der Waals surface area contributed by atoms with E-state index in [-0.39, 0.29) is 17.7 Å². The van der Waals surface area contributed by atoms with E-state index in [1.165, 1.54) is 0 Å². The van der Waals surface area contributed by atoms with Gasteiger partial charge in [-0.15, -0.1) is 0 Å². The van der Waals surface area contributed by atoms with Crippen LogP contribution in [0.2, 0.25) is 0 Å². The van der Waals surface area contributed by atoms with Gasteiger partial charge in [-0.2, -0.15) is 5.10 Å². The van der Waals surface area contributed by atoms with E-state index in [2.05, 4.69) is 22.4 Å². The van der Waals surface area contributed by atoms with Gasteiger partial charge < -0.3 is 15.3 Å². The summed E-state index contributed by atoms with van der Waals surface area (Å²) in [6, 6.07) is 18.9. The summed E-state index contributed by atoms with van der Waals surface area (Å²) in [7, 11) is 0. The summed E-state index contributed by atoms with van der Waals surface area (Å²) < 4.78 is 0. The fraction of sp³-hybridized carbons (Fsp3) is 0.276. The number of benzene rings is 2. The normalized spacial score (nSPS) is 16.1. The Labute approximate surface area is 210 Å². The van der Waals surface area contributed by atoms with E-state index in [4.69, 9.17) is 4.98 Å². The standard InChI is InChI=1S/C29H31N5O2/c1-2-3-9-22-19-30-16-17-34(22)29(36)24-18-26(21-11-13-23(35)14-12-21)31-28-27(24)25(32-33-28)15-10-20-7-5-4-6-8-20/h4-8,10-15,18,22,30,35H,2-3,9,16-17,19H2,1H3,(H,31,32,33)/t22-/m1/s1. The first kappa shape index (κ1) is 23.8. The van der Waals surface area contributed by atoms with Crippen LogP contribution in [0.25, 0.3) is 34.4 Å². The maximum absolute atomic E-state index is 14.1. The predicted octanol–water partition coefficient (Wildman–Crippen LogP) is 5.11. The molecule has 0 spiro atoms. The highest BCUT2D eigenvalue weighted by Gasteiger charge is 2.29. The molecule has 3 N–H and O–H groups in total. The Morgan fingerprint density at radius 2 is 1.94 bits per heavy atom. The third kappa shape index (κ3) is 5.02. The maximum Gasteiger partial charge on any atom is 0.255 e. The molecule has 2 aromatic heterocycles. The summed E-state index contributed by atoms with van der Waals surface area (Å²) >= 11 is 0. The second-order valence-corrected chi connectivity index (χ2v) is 9.18. The summed E-state index contributed by atoms with van der Waals surface area (Å²) in [4.78, 5) is 20.9. The van der Waals surface area contributed by atoms with Crippen molar-refractivity contribution < 1.29 is 9.90 Å². The predicted molar refractivity (Wildman–Crippen MR) is 144 cm³/mol. The van der Waals surface area contributed by atoms with E-state index >= 15 is 0 Å². The lowest BCUT2D eigenvalue weighted by Crippen LogP contribution is -2.53. The maximum atomic E-state index is 14.1. The second kappa shape index (κ2) is 10.7. The lowest BCUT2D eigenvalue weighted by atomic mass is 10.0. The molecular formula is C29H31N5O2. The van der Waals surface area contributed by atoms with Crippen molar-refractivity contribution >= 4 is 29.1 Å². The molecule has 3 heterocycles. The Balaban J connectivity index is 1.61. The second-order valence-electron chi connectivity index (χ2n) is 9.18. The number of rotatable bonds is 7. The highest BCUT2D eigenvalue weighted by Crippen LogP contribution is 2.30. The van der Waals surface area contributed by atoms with Gasteiger partial charge in [-0.05, 0) is 48.4 Å². The SMILES string of the molecule is CCCC[C@@H]1CNCCN1C(=O)c1cc(-c2ccc(O)cc2)nc2n[nH]c(C=Cc3ccccc3)c12. The fourth-order valence-corrected chi connectivity index (χ4v) is 4.74. The molecule has 2 aromatic carbocycles. The minimum absolute atomic E-state index is 0.000734. The number of carbonyl (C=O) groups excluding carboxylic acids is 1. The number of aromatic hydroxyl groups is 1. The van der Waals surface area contributed by atoms with Gasteiger partial charge in [0, 0.05) is 31.2 Å². The Morgan fingerprint density at radius 1 is 1.14 bits per heavy atom. The fourth-order valence-electron chi connectivity index (χ4n) is 4.74. The highest BCUT2D eigenvalue weighted by molar-refractivity contribution is 6.09. The first-order chi connectivity index (χ1) is 17.6. The molecule has 7 heteroatoms. The van der Waals surface area contributed by atoms with Gasteiger partial charge in [-0.3, -0.25) is 9.89 Å². The zero-order valence-corrected chi connectivity index (χ0v) is 20.4. The van der Waals surface area contributed by atoms with Gasteiger partial charge in [0.1, 0.15) is 5.75 Å². The van der Waals surface area contributed by atoms with Crippen LogP contribution in [0.4, 0.5) is 0 Å². The number of H-pyrrole nitrogens is 1. The number of hydrogen-bond donors (Lipinski definition) is 3. The number of phenols is 1. The number of phenolic OH excluding ortho intramolecular Hbond substituents is 1. The van der Waals surface area contributed by atoms with Gasteiger partial charge in [0.25, 0.3) is 5.91 Å². The van der Waals surface area contributed by atoms with Crippen molar-refractivity contribution in [2.45, 2.75) is 32.2 Å². The number of amides is 1. The lowest BCUT2D eigenvalue weighted by molar-refractivity contribution is 0.0624. The van der Waals surface area contributed by atoms with Crippen molar-refractivity contribution in [2.24, 2.45) is 0 Å². The molecule has 0 saturated carbocycles. The largest absolute Gasteiger partial charge is 0.508 e. The van der Waals surface area contributed by atoms with Crippen LogP contribution in [0.15, 0.2) is 60.7 Å². The smallest absolute Gasteiger partial charge is 0.255 e. The number of nitrogens with one attached hydrogen (secondary N) is 2. The number of hydrogen-bond acceptors (Lipinski definition) is 5. The molecule has 1 amide bonds. The molecule has 0 bridgehead atoms. The molecule has 1 atom stereocenters. The molecule has 1 fully saturated rings. The summed E-state index contributed by atoms with van der Waals surface area (Å²) in [6.07, 6.45) is 7.11. The van der Waals surface area contributed by atoms with Crippen LogP contribution in [0.1, 0.15) is 47.8 Å². The average Bonchev–Trinajstić information content (AvgIpc) is 3.34. The van der Waals surface area contributed by atoms with Gasteiger partial charge >= 0.3 is 0 Å². The Bertz CT molecular complexity index is 1360. The van der Waals surface area contributed by atoms with Crippen molar-refractivity contribution in [3.05, 3.63) is 77.5 Å². The number of fused-ring (bicyclic) bond motifs is 1. The molecule has 0 radical (unpaired) electrons. The van der Waals surface area contributed by atoms with E-state index in [1.807, 2.05) is 53.5 Å². The van der Waals surface area contributed by atoms with Crippen LogP contribution in [0.5, 0.6) is 5.75 Å². The monoisotopic (exact) mass is 481 g/mol. The first-order valence-electron chi connectivity index (χ1n) is 12.6. The minimum Gasteiger partial charge on any atom is -0.508 e. The molecule has 184 valence electrons. The van der Waals surface area contributed by atoms with E-state index in [0.717, 1.165) is 54.6 Å².